The number of amides is 1. The Morgan fingerprint density at radius 1 is 1.08 bits per heavy atom. The molecule has 134 valence electrons. The minimum Gasteiger partial charge on any atom is -0.468 e. The summed E-state index contributed by atoms with van der Waals surface area (Å²) in [6.07, 6.45) is 0.864. The summed E-state index contributed by atoms with van der Waals surface area (Å²) in [7, 11) is 1.36. The number of rotatable bonds is 3. The van der Waals surface area contributed by atoms with Crippen LogP contribution in [0.15, 0.2) is 42.5 Å². The molecule has 0 saturated carbocycles. The van der Waals surface area contributed by atoms with Crippen LogP contribution in [0.5, 0.6) is 5.75 Å². The Morgan fingerprint density at radius 2 is 1.77 bits per heavy atom. The summed E-state index contributed by atoms with van der Waals surface area (Å²) >= 11 is 0. The lowest BCUT2D eigenvalue weighted by atomic mass is 10.1. The van der Waals surface area contributed by atoms with Gasteiger partial charge < -0.3 is 19.3 Å². The van der Waals surface area contributed by atoms with Crippen molar-refractivity contribution < 1.29 is 19.1 Å². The summed E-state index contributed by atoms with van der Waals surface area (Å²) in [4.78, 5) is 27.9. The first-order valence-electron chi connectivity index (χ1n) is 8.66. The second-order valence-electron chi connectivity index (χ2n) is 6.45. The van der Waals surface area contributed by atoms with E-state index in [1.54, 1.807) is 12.1 Å². The van der Waals surface area contributed by atoms with Gasteiger partial charge in [0.25, 0.3) is 5.91 Å². The van der Waals surface area contributed by atoms with E-state index in [1.165, 1.54) is 7.11 Å². The Labute approximate surface area is 151 Å². The van der Waals surface area contributed by atoms with Crippen LogP contribution in [0.2, 0.25) is 0 Å². The summed E-state index contributed by atoms with van der Waals surface area (Å²) < 4.78 is 10.7. The zero-order valence-corrected chi connectivity index (χ0v) is 14.8. The number of anilines is 2. The molecule has 1 amide bonds. The number of carbonyl (C=O) groups is 2. The quantitative estimate of drug-likeness (QED) is 0.794. The maximum absolute atomic E-state index is 12.4. The molecule has 0 unspecified atom stereocenters. The molecule has 0 bridgehead atoms. The molecule has 4 rings (SSSR count). The molecular formula is C20H20N2O4. The van der Waals surface area contributed by atoms with E-state index in [1.807, 2.05) is 47.1 Å². The lowest BCUT2D eigenvalue weighted by Crippen LogP contribution is -2.41. The number of hydrogen-bond donors (Lipinski definition) is 0. The van der Waals surface area contributed by atoms with Crippen molar-refractivity contribution >= 4 is 23.3 Å². The number of fused-ring (bicyclic) bond motifs is 1. The Morgan fingerprint density at radius 3 is 2.38 bits per heavy atom. The van der Waals surface area contributed by atoms with Gasteiger partial charge in [-0.05, 0) is 55.8 Å². The minimum atomic E-state index is -0.364. The Kier molecular flexibility index (Phi) is 4.03. The zero-order chi connectivity index (χ0) is 18.3. The number of hydrogen-bond acceptors (Lipinski definition) is 5. The smallest absolute Gasteiger partial charge is 0.337 e. The fourth-order valence-electron chi connectivity index (χ4n) is 3.30. The van der Waals surface area contributed by atoms with Crippen molar-refractivity contribution in [3.05, 3.63) is 53.6 Å². The molecule has 2 heterocycles. The predicted molar refractivity (Wildman–Crippen MR) is 97.0 cm³/mol. The third-order valence-corrected chi connectivity index (χ3v) is 4.84. The third-order valence-electron chi connectivity index (χ3n) is 4.84. The average Bonchev–Trinajstić information content (AvgIpc) is 2.94. The molecule has 2 aliphatic rings. The highest BCUT2D eigenvalue weighted by Crippen LogP contribution is 2.42. The highest BCUT2D eigenvalue weighted by molar-refractivity contribution is 5.96. The molecule has 0 aromatic heterocycles. The Balaban J connectivity index is 1.62. The van der Waals surface area contributed by atoms with Gasteiger partial charge in [0.2, 0.25) is 0 Å². The lowest BCUT2D eigenvalue weighted by molar-refractivity contribution is 0.0599. The summed E-state index contributed by atoms with van der Waals surface area (Å²) in [5.41, 5.74) is 2.97. The maximum atomic E-state index is 12.4. The van der Waals surface area contributed by atoms with Gasteiger partial charge in [-0.25, -0.2) is 4.79 Å². The Bertz CT molecular complexity index is 859. The van der Waals surface area contributed by atoms with Crippen LogP contribution in [-0.2, 0) is 4.74 Å². The van der Waals surface area contributed by atoms with Gasteiger partial charge in [-0.3, -0.25) is 4.79 Å². The van der Waals surface area contributed by atoms with Crippen molar-refractivity contribution in [3.63, 3.8) is 0 Å². The maximum Gasteiger partial charge on any atom is 0.337 e. The van der Waals surface area contributed by atoms with Crippen LogP contribution < -0.4 is 9.64 Å². The van der Waals surface area contributed by atoms with Gasteiger partial charge in [0, 0.05) is 24.3 Å². The second kappa shape index (κ2) is 6.37. The fraction of sp³-hybridized carbons (Fsp3) is 0.300. The molecule has 2 aromatic carbocycles. The van der Waals surface area contributed by atoms with Crippen molar-refractivity contribution in [2.24, 2.45) is 0 Å². The van der Waals surface area contributed by atoms with Crippen molar-refractivity contribution in [1.82, 2.24) is 4.90 Å². The molecule has 0 radical (unpaired) electrons. The van der Waals surface area contributed by atoms with E-state index >= 15 is 0 Å². The van der Waals surface area contributed by atoms with Crippen molar-refractivity contribution in [2.45, 2.75) is 19.6 Å². The average molecular weight is 352 g/mol. The van der Waals surface area contributed by atoms with Crippen LogP contribution in [0.3, 0.4) is 0 Å². The van der Waals surface area contributed by atoms with Crippen molar-refractivity contribution in [1.29, 1.82) is 0 Å². The van der Waals surface area contributed by atoms with Gasteiger partial charge in [-0.1, -0.05) is 0 Å². The summed E-state index contributed by atoms with van der Waals surface area (Å²) in [6.45, 7) is 3.60. The van der Waals surface area contributed by atoms with Crippen molar-refractivity contribution in [3.8, 4) is 5.75 Å². The molecular weight excluding hydrogens is 332 g/mol. The molecule has 0 aliphatic carbocycles. The van der Waals surface area contributed by atoms with E-state index in [2.05, 4.69) is 0 Å². The molecule has 1 fully saturated rings. The molecule has 2 aromatic rings. The largest absolute Gasteiger partial charge is 0.468 e. The van der Waals surface area contributed by atoms with E-state index < -0.39 is 0 Å². The van der Waals surface area contributed by atoms with Gasteiger partial charge in [-0.15, -0.1) is 0 Å². The van der Waals surface area contributed by atoms with E-state index in [4.69, 9.17) is 9.47 Å². The number of nitrogens with zero attached hydrogens (tertiary/aromatic N) is 2. The van der Waals surface area contributed by atoms with Gasteiger partial charge in [0.15, 0.2) is 6.23 Å². The summed E-state index contributed by atoms with van der Waals surface area (Å²) in [6, 6.07) is 12.8. The molecule has 0 spiro atoms. The molecule has 1 atom stereocenters. The number of methoxy groups -OCH3 is 1. The number of carbonyl (C=O) groups excluding carboxylic acids is 2. The fourth-order valence-corrected chi connectivity index (χ4v) is 3.30. The summed E-state index contributed by atoms with van der Waals surface area (Å²) in [5, 5.41) is 0. The molecule has 26 heavy (non-hydrogen) atoms. The first-order chi connectivity index (χ1) is 12.6. The molecule has 2 aliphatic heterocycles. The third kappa shape index (κ3) is 2.67. The van der Waals surface area contributed by atoms with E-state index in [0.717, 1.165) is 30.9 Å². The molecule has 6 nitrogen and oxygen atoms in total. The number of ether oxygens (including phenoxy) is 2. The van der Waals surface area contributed by atoms with Gasteiger partial charge >= 0.3 is 5.97 Å². The molecule has 6 heteroatoms. The van der Waals surface area contributed by atoms with Crippen LogP contribution in [0.25, 0.3) is 0 Å². The molecule has 0 N–H and O–H groups in total. The van der Waals surface area contributed by atoms with E-state index in [9.17, 15) is 9.59 Å². The first kappa shape index (κ1) is 16.4. The van der Waals surface area contributed by atoms with Crippen LogP contribution in [0, 0.1) is 0 Å². The van der Waals surface area contributed by atoms with Gasteiger partial charge in [0.05, 0.1) is 18.4 Å². The second-order valence-corrected chi connectivity index (χ2v) is 6.45. The Hall–Kier alpha value is -3.02. The van der Waals surface area contributed by atoms with Crippen LogP contribution >= 0.6 is 0 Å². The van der Waals surface area contributed by atoms with Crippen molar-refractivity contribution in [2.75, 3.05) is 25.1 Å². The zero-order valence-electron chi connectivity index (χ0n) is 14.8. The number of likely N-dealkylation sites (tertiary alicyclic amines) is 1. The van der Waals surface area contributed by atoms with Crippen LogP contribution in [-0.4, -0.2) is 43.2 Å². The molecule has 1 saturated heterocycles. The highest BCUT2D eigenvalue weighted by atomic mass is 16.5. The van der Waals surface area contributed by atoms with Crippen LogP contribution in [0.4, 0.5) is 11.4 Å². The van der Waals surface area contributed by atoms with Gasteiger partial charge in [0.1, 0.15) is 5.75 Å². The standard InChI is InChI=1S/C20H20N2O4/c1-13-22(16-7-4-14(5-8-16)20(24)25-2)17-9-6-15(12-18(17)26-13)19(23)21-10-3-11-21/h4-9,12-13H,3,10-11H2,1-2H3/t13-/m1/s1. The SMILES string of the molecule is COC(=O)c1ccc(N2c3ccc(C(=O)N4CCC4)cc3O[C@@H]2C)cc1. The highest BCUT2D eigenvalue weighted by Gasteiger charge is 2.31. The minimum absolute atomic E-state index is 0.0520. The number of benzene rings is 2. The van der Waals surface area contributed by atoms with Crippen LogP contribution in [0.1, 0.15) is 34.1 Å². The van der Waals surface area contributed by atoms with E-state index in [0.29, 0.717) is 16.9 Å². The topological polar surface area (TPSA) is 59.1 Å². The normalized spacial score (nSPS) is 18.0. The first-order valence-corrected chi connectivity index (χ1v) is 8.66. The van der Waals surface area contributed by atoms with Gasteiger partial charge in [-0.2, -0.15) is 0 Å². The lowest BCUT2D eigenvalue weighted by Gasteiger charge is -2.31. The monoisotopic (exact) mass is 352 g/mol. The predicted octanol–water partition coefficient (Wildman–Crippen LogP) is 3.20. The van der Waals surface area contributed by atoms with E-state index in [-0.39, 0.29) is 18.1 Å². The summed E-state index contributed by atoms with van der Waals surface area (Å²) in [5.74, 6) is 0.383. The number of esters is 1.